The van der Waals surface area contributed by atoms with Crippen LogP contribution in [0.25, 0.3) is 0 Å². The van der Waals surface area contributed by atoms with Gasteiger partial charge >= 0.3 is 11.8 Å². The molecular weight excluding hydrogens is 366 g/mol. The first kappa shape index (κ1) is 19.8. The van der Waals surface area contributed by atoms with E-state index in [1.165, 1.54) is 30.2 Å². The molecule has 26 heavy (non-hydrogen) atoms. The number of benzene rings is 1. The predicted octanol–water partition coefficient (Wildman–Crippen LogP) is 0.195. The van der Waals surface area contributed by atoms with Gasteiger partial charge in [0.25, 0.3) is 5.69 Å². The van der Waals surface area contributed by atoms with Gasteiger partial charge in [0.1, 0.15) is 0 Å². The maximum absolute atomic E-state index is 12.5. The van der Waals surface area contributed by atoms with Crippen LogP contribution in [0.3, 0.4) is 0 Å². The van der Waals surface area contributed by atoms with E-state index in [-0.39, 0.29) is 42.5 Å². The Morgan fingerprint density at radius 1 is 1.42 bits per heavy atom. The average Bonchev–Trinajstić information content (AvgIpc) is 2.95. The minimum atomic E-state index is -3.24. The summed E-state index contributed by atoms with van der Waals surface area (Å²) < 4.78 is 28.3. The van der Waals surface area contributed by atoms with E-state index < -0.39 is 32.6 Å². The molecule has 11 heteroatoms. The quantitative estimate of drug-likeness (QED) is 0.419. The Bertz CT molecular complexity index is 809. The highest BCUT2D eigenvalue weighted by molar-refractivity contribution is 7.91. The van der Waals surface area contributed by atoms with Crippen molar-refractivity contribution in [1.29, 1.82) is 0 Å². The highest BCUT2D eigenvalue weighted by Gasteiger charge is 2.36. The molecule has 10 nitrogen and oxygen atoms in total. The lowest BCUT2D eigenvalue weighted by atomic mass is 10.2. The number of hydrogen-bond acceptors (Lipinski definition) is 7. The number of anilines is 1. The van der Waals surface area contributed by atoms with Crippen LogP contribution in [-0.2, 0) is 24.2 Å². The Kier molecular flexibility index (Phi) is 6.27. The molecule has 1 saturated heterocycles. The molecule has 0 bridgehead atoms. The Morgan fingerprint density at radius 3 is 2.73 bits per heavy atom. The molecular formula is C15H19N3O7S. The van der Waals surface area contributed by atoms with E-state index in [2.05, 4.69) is 5.32 Å². The largest absolute Gasteiger partial charge is 0.383 e. The fourth-order valence-electron chi connectivity index (χ4n) is 2.67. The topological polar surface area (TPSA) is 136 Å². The number of methoxy groups -OCH3 is 1. The van der Waals surface area contributed by atoms with Gasteiger partial charge in [-0.05, 0) is 12.5 Å². The molecule has 142 valence electrons. The SMILES string of the molecule is COCCN(C(=O)C(=O)Nc1cccc([N+](=O)[O-])c1)C1CCS(=O)(=O)C1. The van der Waals surface area contributed by atoms with Crippen LogP contribution in [0.4, 0.5) is 11.4 Å². The van der Waals surface area contributed by atoms with Crippen LogP contribution in [0.5, 0.6) is 0 Å². The third kappa shape index (κ3) is 4.99. The molecule has 0 aromatic heterocycles. The molecule has 1 N–H and O–H groups in total. The van der Waals surface area contributed by atoms with Crippen molar-refractivity contribution in [1.82, 2.24) is 4.90 Å². The van der Waals surface area contributed by atoms with Gasteiger partial charge in [-0.25, -0.2) is 8.42 Å². The minimum Gasteiger partial charge on any atom is -0.383 e. The number of rotatable bonds is 6. The van der Waals surface area contributed by atoms with Crippen molar-refractivity contribution >= 4 is 33.0 Å². The highest BCUT2D eigenvalue weighted by atomic mass is 32.2. The number of ether oxygens (including phenoxy) is 1. The summed E-state index contributed by atoms with van der Waals surface area (Å²) in [4.78, 5) is 36.1. The number of nitro groups is 1. The molecule has 1 aliphatic heterocycles. The fraction of sp³-hybridized carbons (Fsp3) is 0.467. The zero-order valence-corrected chi connectivity index (χ0v) is 14.9. The average molecular weight is 385 g/mol. The third-order valence-electron chi connectivity index (χ3n) is 3.96. The molecule has 0 spiro atoms. The maximum atomic E-state index is 12.5. The second kappa shape index (κ2) is 8.23. The van der Waals surface area contributed by atoms with E-state index in [4.69, 9.17) is 4.74 Å². The van der Waals surface area contributed by atoms with E-state index in [1.54, 1.807) is 0 Å². The van der Waals surface area contributed by atoms with Crippen LogP contribution in [0.15, 0.2) is 24.3 Å². The van der Waals surface area contributed by atoms with Gasteiger partial charge in [-0.15, -0.1) is 0 Å². The van der Waals surface area contributed by atoms with E-state index in [0.29, 0.717) is 0 Å². The molecule has 1 heterocycles. The van der Waals surface area contributed by atoms with E-state index in [1.807, 2.05) is 0 Å². The molecule has 1 unspecified atom stereocenters. The molecule has 2 amide bonds. The van der Waals surface area contributed by atoms with Crippen molar-refractivity contribution < 1.29 is 27.7 Å². The molecule has 1 aliphatic rings. The molecule has 1 aromatic rings. The number of carbonyl (C=O) groups is 2. The van der Waals surface area contributed by atoms with Gasteiger partial charge in [0.2, 0.25) is 0 Å². The summed E-state index contributed by atoms with van der Waals surface area (Å²) >= 11 is 0. The summed E-state index contributed by atoms with van der Waals surface area (Å²) in [6.07, 6.45) is 0.252. The third-order valence-corrected chi connectivity index (χ3v) is 5.71. The monoisotopic (exact) mass is 385 g/mol. The lowest BCUT2D eigenvalue weighted by molar-refractivity contribution is -0.384. The van der Waals surface area contributed by atoms with Crippen LogP contribution in [-0.4, -0.2) is 67.9 Å². The molecule has 0 saturated carbocycles. The highest BCUT2D eigenvalue weighted by Crippen LogP contribution is 2.20. The summed E-state index contributed by atoms with van der Waals surface area (Å²) in [5.74, 6) is -2.14. The number of carbonyl (C=O) groups excluding carboxylic acids is 2. The summed E-state index contributed by atoms with van der Waals surface area (Å²) in [5, 5.41) is 13.1. The van der Waals surface area contributed by atoms with Crippen LogP contribution in [0.1, 0.15) is 6.42 Å². The summed E-state index contributed by atoms with van der Waals surface area (Å²) in [7, 11) is -1.81. The first-order valence-corrected chi connectivity index (χ1v) is 9.61. The van der Waals surface area contributed by atoms with Crippen LogP contribution < -0.4 is 5.32 Å². The lowest BCUT2D eigenvalue weighted by Gasteiger charge is -2.27. The zero-order chi connectivity index (χ0) is 19.3. The van der Waals surface area contributed by atoms with Gasteiger partial charge in [-0.1, -0.05) is 6.07 Å². The molecule has 1 atom stereocenters. The van der Waals surface area contributed by atoms with Crippen molar-refractivity contribution in [2.24, 2.45) is 0 Å². The van der Waals surface area contributed by atoms with E-state index in [0.717, 1.165) is 6.07 Å². The molecule has 1 fully saturated rings. The second-order valence-corrected chi connectivity index (χ2v) is 8.04. The summed E-state index contributed by atoms with van der Waals surface area (Å²) in [6.45, 7) is 0.213. The Labute approximate surface area is 150 Å². The Hall–Kier alpha value is -2.53. The number of hydrogen-bond donors (Lipinski definition) is 1. The summed E-state index contributed by atoms with van der Waals surface area (Å²) in [5.41, 5.74) is -0.128. The van der Waals surface area contributed by atoms with Crippen molar-refractivity contribution in [3.63, 3.8) is 0 Å². The summed E-state index contributed by atoms with van der Waals surface area (Å²) in [6, 6.07) is 4.58. The van der Waals surface area contributed by atoms with Gasteiger partial charge in [0, 0.05) is 37.5 Å². The number of amides is 2. The Balaban J connectivity index is 2.13. The number of nitro benzene ring substituents is 1. The van der Waals surface area contributed by atoms with Crippen LogP contribution >= 0.6 is 0 Å². The van der Waals surface area contributed by atoms with Crippen molar-refractivity contribution in [2.45, 2.75) is 12.5 Å². The predicted molar refractivity (Wildman–Crippen MR) is 92.4 cm³/mol. The van der Waals surface area contributed by atoms with Crippen molar-refractivity contribution in [3.8, 4) is 0 Å². The van der Waals surface area contributed by atoms with Gasteiger partial charge in [0.15, 0.2) is 9.84 Å². The first-order valence-electron chi connectivity index (χ1n) is 7.79. The lowest BCUT2D eigenvalue weighted by Crippen LogP contribution is -2.47. The zero-order valence-electron chi connectivity index (χ0n) is 14.1. The van der Waals surface area contributed by atoms with Crippen molar-refractivity contribution in [2.75, 3.05) is 37.1 Å². The number of sulfone groups is 1. The van der Waals surface area contributed by atoms with Crippen LogP contribution in [0, 0.1) is 10.1 Å². The van der Waals surface area contributed by atoms with Crippen LogP contribution in [0.2, 0.25) is 0 Å². The maximum Gasteiger partial charge on any atom is 0.313 e. The number of nitrogens with one attached hydrogen (secondary N) is 1. The minimum absolute atomic E-state index is 0.0407. The molecule has 0 radical (unpaired) electrons. The van der Waals surface area contributed by atoms with Gasteiger partial charge in [-0.3, -0.25) is 19.7 Å². The Morgan fingerprint density at radius 2 is 2.15 bits per heavy atom. The molecule has 1 aromatic carbocycles. The van der Waals surface area contributed by atoms with Crippen molar-refractivity contribution in [3.05, 3.63) is 34.4 Å². The van der Waals surface area contributed by atoms with Gasteiger partial charge < -0.3 is 15.0 Å². The normalized spacial score (nSPS) is 18.3. The van der Waals surface area contributed by atoms with Gasteiger partial charge in [0.05, 0.1) is 23.0 Å². The fourth-order valence-corrected chi connectivity index (χ4v) is 4.40. The number of non-ortho nitro benzene ring substituents is 1. The number of nitrogens with zero attached hydrogens (tertiary/aromatic N) is 2. The second-order valence-electron chi connectivity index (χ2n) is 5.81. The molecule has 2 rings (SSSR count). The molecule has 0 aliphatic carbocycles. The van der Waals surface area contributed by atoms with E-state index in [9.17, 15) is 28.1 Å². The van der Waals surface area contributed by atoms with E-state index >= 15 is 0 Å². The standard InChI is InChI=1S/C15H19N3O7S/c1-25-7-6-17(13-5-8-26(23,24)10-13)15(20)14(19)16-11-3-2-4-12(9-11)18(21)22/h2-4,9,13H,5-8,10H2,1H3,(H,16,19). The smallest absolute Gasteiger partial charge is 0.313 e. The first-order chi connectivity index (χ1) is 12.2. The van der Waals surface area contributed by atoms with Gasteiger partial charge in [-0.2, -0.15) is 0 Å².